The minimum absolute atomic E-state index is 0.120. The van der Waals surface area contributed by atoms with Crippen molar-refractivity contribution in [2.24, 2.45) is 0 Å². The van der Waals surface area contributed by atoms with Crippen LogP contribution in [0.15, 0.2) is 77.2 Å². The van der Waals surface area contributed by atoms with Crippen molar-refractivity contribution >= 4 is 33.5 Å². The Balaban J connectivity index is 1.42. The van der Waals surface area contributed by atoms with Gasteiger partial charge in [0.05, 0.1) is 6.42 Å². The summed E-state index contributed by atoms with van der Waals surface area (Å²) in [6, 6.07) is 22.7. The second kappa shape index (κ2) is 6.84. The average Bonchev–Trinajstić information content (AvgIpc) is 3.11. The maximum absolute atomic E-state index is 12.2. The molecule has 1 heterocycles. The van der Waals surface area contributed by atoms with E-state index in [2.05, 4.69) is 0 Å². The quantitative estimate of drug-likeness (QED) is 0.393. The Hall–Kier alpha value is -3.40. The summed E-state index contributed by atoms with van der Waals surface area (Å²) in [6.07, 6.45) is 0.120. The van der Waals surface area contributed by atoms with Gasteiger partial charge >= 0.3 is 5.97 Å². The molecule has 0 N–H and O–H groups in total. The molecule has 0 radical (unpaired) electrons. The van der Waals surface area contributed by atoms with Gasteiger partial charge in [-0.3, -0.25) is 9.59 Å². The number of esters is 1. The molecule has 4 aromatic rings. The van der Waals surface area contributed by atoms with Crippen molar-refractivity contribution in [3.63, 3.8) is 0 Å². The van der Waals surface area contributed by atoms with Crippen LogP contribution in [-0.4, -0.2) is 18.4 Å². The standard InChI is InChI=1S/C22H16O4/c23-19(21-12-17-7-2-4-11-20(17)26-21)14-25-22(24)13-16-9-5-8-15-6-1-3-10-18(15)16/h1-12H,13-14H2. The van der Waals surface area contributed by atoms with E-state index in [1.165, 1.54) is 0 Å². The molecule has 4 nitrogen and oxygen atoms in total. The Morgan fingerprint density at radius 2 is 1.58 bits per heavy atom. The van der Waals surface area contributed by atoms with E-state index in [9.17, 15) is 9.59 Å². The SMILES string of the molecule is O=C(Cc1cccc2ccccc12)OCC(=O)c1cc2ccccc2o1. The van der Waals surface area contributed by atoms with E-state index in [0.29, 0.717) is 5.58 Å². The van der Waals surface area contributed by atoms with E-state index >= 15 is 0 Å². The fraction of sp³-hybridized carbons (Fsp3) is 0.0909. The van der Waals surface area contributed by atoms with Gasteiger partial charge in [0.1, 0.15) is 5.58 Å². The molecule has 0 bridgehead atoms. The number of furan rings is 1. The average molecular weight is 344 g/mol. The number of ketones is 1. The Morgan fingerprint density at radius 3 is 2.42 bits per heavy atom. The number of hydrogen-bond donors (Lipinski definition) is 0. The van der Waals surface area contributed by atoms with Gasteiger partial charge in [-0.2, -0.15) is 0 Å². The maximum Gasteiger partial charge on any atom is 0.310 e. The molecule has 0 aliphatic heterocycles. The van der Waals surface area contributed by atoms with Crippen LogP contribution in [0.4, 0.5) is 0 Å². The maximum atomic E-state index is 12.2. The second-order valence-electron chi connectivity index (χ2n) is 6.05. The molecule has 0 aliphatic carbocycles. The van der Waals surface area contributed by atoms with Gasteiger partial charge < -0.3 is 9.15 Å². The Kier molecular flexibility index (Phi) is 4.23. The zero-order valence-electron chi connectivity index (χ0n) is 14.0. The lowest BCUT2D eigenvalue weighted by molar-refractivity contribution is -0.141. The first-order chi connectivity index (χ1) is 12.7. The van der Waals surface area contributed by atoms with Gasteiger partial charge in [-0.25, -0.2) is 0 Å². The summed E-state index contributed by atoms with van der Waals surface area (Å²) in [5.41, 5.74) is 1.52. The Morgan fingerprint density at radius 1 is 0.846 bits per heavy atom. The molecule has 0 saturated carbocycles. The van der Waals surface area contributed by atoms with Crippen molar-refractivity contribution in [1.82, 2.24) is 0 Å². The van der Waals surface area contributed by atoms with Crippen LogP contribution < -0.4 is 0 Å². The number of para-hydroxylation sites is 1. The van der Waals surface area contributed by atoms with Crippen LogP contribution in [0.1, 0.15) is 16.1 Å². The third-order valence-electron chi connectivity index (χ3n) is 4.28. The molecule has 26 heavy (non-hydrogen) atoms. The second-order valence-corrected chi connectivity index (χ2v) is 6.05. The highest BCUT2D eigenvalue weighted by Crippen LogP contribution is 2.20. The van der Waals surface area contributed by atoms with E-state index in [-0.39, 0.29) is 24.6 Å². The van der Waals surface area contributed by atoms with Crippen LogP contribution in [0.3, 0.4) is 0 Å². The fourth-order valence-corrected chi connectivity index (χ4v) is 2.99. The highest BCUT2D eigenvalue weighted by Gasteiger charge is 2.15. The van der Waals surface area contributed by atoms with Gasteiger partial charge in [0.15, 0.2) is 12.4 Å². The van der Waals surface area contributed by atoms with Crippen molar-refractivity contribution in [2.75, 3.05) is 6.61 Å². The molecule has 0 unspecified atom stereocenters. The molecule has 3 aromatic carbocycles. The highest BCUT2D eigenvalue weighted by atomic mass is 16.5. The summed E-state index contributed by atoms with van der Waals surface area (Å²) >= 11 is 0. The van der Waals surface area contributed by atoms with E-state index < -0.39 is 5.97 Å². The van der Waals surface area contributed by atoms with Gasteiger partial charge in [0, 0.05) is 5.39 Å². The molecule has 0 spiro atoms. The van der Waals surface area contributed by atoms with E-state index in [4.69, 9.17) is 9.15 Å². The van der Waals surface area contributed by atoms with Crippen LogP contribution >= 0.6 is 0 Å². The predicted molar refractivity (Wildman–Crippen MR) is 99.2 cm³/mol. The van der Waals surface area contributed by atoms with Crippen LogP contribution in [-0.2, 0) is 16.0 Å². The van der Waals surface area contributed by atoms with Gasteiger partial charge in [0.25, 0.3) is 0 Å². The topological polar surface area (TPSA) is 56.5 Å². The number of carbonyl (C=O) groups excluding carboxylic acids is 2. The molecule has 0 aliphatic rings. The molecule has 0 atom stereocenters. The molecule has 128 valence electrons. The number of benzene rings is 3. The minimum Gasteiger partial charge on any atom is -0.457 e. The Bertz CT molecular complexity index is 1070. The molecule has 1 aromatic heterocycles. The molecule has 0 amide bonds. The summed E-state index contributed by atoms with van der Waals surface area (Å²) in [5.74, 6) is -0.595. The summed E-state index contributed by atoms with van der Waals surface area (Å²) in [6.45, 7) is -0.330. The zero-order chi connectivity index (χ0) is 17.9. The molecule has 4 heteroatoms. The zero-order valence-corrected chi connectivity index (χ0v) is 14.0. The predicted octanol–water partition coefficient (Wildman–Crippen LogP) is 4.55. The number of Topliss-reactive ketones (excluding diaryl/α,β-unsaturated/α-hetero) is 1. The first-order valence-corrected chi connectivity index (χ1v) is 8.35. The molecular formula is C22H16O4. The minimum atomic E-state index is -0.439. The highest BCUT2D eigenvalue weighted by molar-refractivity contribution is 5.99. The normalized spacial score (nSPS) is 10.9. The van der Waals surface area contributed by atoms with Crippen molar-refractivity contribution in [3.8, 4) is 0 Å². The summed E-state index contributed by atoms with van der Waals surface area (Å²) in [7, 11) is 0. The molecule has 0 fully saturated rings. The van der Waals surface area contributed by atoms with Gasteiger partial charge in [0.2, 0.25) is 5.78 Å². The number of carbonyl (C=O) groups is 2. The van der Waals surface area contributed by atoms with Gasteiger partial charge in [-0.1, -0.05) is 60.7 Å². The number of fused-ring (bicyclic) bond motifs is 2. The smallest absolute Gasteiger partial charge is 0.310 e. The van der Waals surface area contributed by atoms with Crippen LogP contribution in [0.5, 0.6) is 0 Å². The summed E-state index contributed by atoms with van der Waals surface area (Å²) < 4.78 is 10.7. The Labute approximate surface area is 150 Å². The van der Waals surface area contributed by atoms with Crippen LogP contribution in [0.25, 0.3) is 21.7 Å². The van der Waals surface area contributed by atoms with Crippen molar-refractivity contribution in [2.45, 2.75) is 6.42 Å². The lowest BCUT2D eigenvalue weighted by Crippen LogP contribution is -2.15. The lowest BCUT2D eigenvalue weighted by atomic mass is 10.0. The van der Waals surface area contributed by atoms with Crippen molar-refractivity contribution < 1.29 is 18.7 Å². The largest absolute Gasteiger partial charge is 0.457 e. The van der Waals surface area contributed by atoms with E-state index in [1.54, 1.807) is 12.1 Å². The number of rotatable bonds is 5. The monoisotopic (exact) mass is 344 g/mol. The summed E-state index contributed by atoms with van der Waals surface area (Å²) in [4.78, 5) is 24.4. The molecular weight excluding hydrogens is 328 g/mol. The number of ether oxygens (including phenoxy) is 1. The summed E-state index contributed by atoms with van der Waals surface area (Å²) in [5, 5.41) is 2.92. The first kappa shape index (κ1) is 16.1. The lowest BCUT2D eigenvalue weighted by Gasteiger charge is -2.06. The molecule has 4 rings (SSSR count). The van der Waals surface area contributed by atoms with Gasteiger partial charge in [-0.15, -0.1) is 0 Å². The van der Waals surface area contributed by atoms with E-state index in [0.717, 1.165) is 21.7 Å². The van der Waals surface area contributed by atoms with Crippen LogP contribution in [0, 0.1) is 0 Å². The first-order valence-electron chi connectivity index (χ1n) is 8.35. The number of hydrogen-bond acceptors (Lipinski definition) is 4. The van der Waals surface area contributed by atoms with Crippen molar-refractivity contribution in [3.05, 3.63) is 84.1 Å². The van der Waals surface area contributed by atoms with E-state index in [1.807, 2.05) is 60.7 Å². The fourth-order valence-electron chi connectivity index (χ4n) is 2.99. The van der Waals surface area contributed by atoms with Crippen molar-refractivity contribution in [1.29, 1.82) is 0 Å². The van der Waals surface area contributed by atoms with Gasteiger partial charge in [-0.05, 0) is 28.5 Å². The third kappa shape index (κ3) is 3.22. The third-order valence-corrected chi connectivity index (χ3v) is 4.28. The van der Waals surface area contributed by atoms with Crippen LogP contribution in [0.2, 0.25) is 0 Å². The molecule has 0 saturated heterocycles.